The van der Waals surface area contributed by atoms with Gasteiger partial charge in [-0.05, 0) is 25.0 Å². The van der Waals surface area contributed by atoms with Crippen molar-refractivity contribution in [3.8, 4) is 0 Å². The lowest BCUT2D eigenvalue weighted by Crippen LogP contribution is -2.50. The molecule has 34 heavy (non-hydrogen) atoms. The smallest absolute Gasteiger partial charge is 0.339 e. The monoisotopic (exact) mass is 496 g/mol. The highest BCUT2D eigenvalue weighted by molar-refractivity contribution is 7.99. The maximum absolute atomic E-state index is 13.1. The van der Waals surface area contributed by atoms with Gasteiger partial charge in [-0.2, -0.15) is 13.2 Å². The molecule has 1 saturated heterocycles. The number of aromatic amines is 1. The first kappa shape index (κ1) is 24.5. The second-order valence-electron chi connectivity index (χ2n) is 8.52. The van der Waals surface area contributed by atoms with E-state index in [4.69, 9.17) is 0 Å². The van der Waals surface area contributed by atoms with Crippen LogP contribution < -0.4 is 5.32 Å². The van der Waals surface area contributed by atoms with Crippen molar-refractivity contribution in [2.75, 3.05) is 43.8 Å². The van der Waals surface area contributed by atoms with Gasteiger partial charge >= 0.3 is 6.18 Å². The predicted molar refractivity (Wildman–Crippen MR) is 121 cm³/mol. The number of alkyl halides is 3. The first-order valence-corrected chi connectivity index (χ1v) is 12.3. The molecule has 0 unspecified atom stereocenters. The molecule has 2 heterocycles. The molecular weight excluding hydrogens is 469 g/mol. The van der Waals surface area contributed by atoms with Crippen molar-refractivity contribution < 1.29 is 22.8 Å². The number of para-hydroxylation sites is 1. The molecule has 4 rings (SSSR count). The largest absolute Gasteiger partial charge is 0.418 e. The van der Waals surface area contributed by atoms with E-state index in [2.05, 4.69) is 20.5 Å². The molecule has 2 fully saturated rings. The number of anilines is 1. The summed E-state index contributed by atoms with van der Waals surface area (Å²) in [7, 11) is 0. The Morgan fingerprint density at radius 1 is 1.12 bits per heavy atom. The van der Waals surface area contributed by atoms with Crippen molar-refractivity contribution in [3.05, 3.63) is 35.7 Å². The topological polar surface area (TPSA) is 94.2 Å². The quantitative estimate of drug-likeness (QED) is 0.571. The van der Waals surface area contributed by atoms with Gasteiger partial charge in [0.05, 0.1) is 23.5 Å². The minimum atomic E-state index is -4.54. The van der Waals surface area contributed by atoms with E-state index in [1.807, 2.05) is 4.90 Å². The summed E-state index contributed by atoms with van der Waals surface area (Å²) >= 11 is 1.30. The van der Waals surface area contributed by atoms with Gasteiger partial charge in [0.1, 0.15) is 5.82 Å². The number of rotatable bonds is 7. The molecule has 2 N–H and O–H groups in total. The summed E-state index contributed by atoms with van der Waals surface area (Å²) in [5.74, 6) is 1.02. The molecule has 0 atom stereocenters. The molecule has 2 amide bonds. The number of hydrogen-bond donors (Lipinski definition) is 2. The van der Waals surface area contributed by atoms with Crippen LogP contribution >= 0.6 is 11.8 Å². The fraction of sp³-hybridized carbons (Fsp3) is 0.545. The van der Waals surface area contributed by atoms with E-state index in [1.165, 1.54) is 42.8 Å². The molecule has 0 spiro atoms. The van der Waals surface area contributed by atoms with Gasteiger partial charge in [-0.3, -0.25) is 19.6 Å². The van der Waals surface area contributed by atoms with Gasteiger partial charge in [-0.1, -0.05) is 36.7 Å². The lowest BCUT2D eigenvalue weighted by Gasteiger charge is -2.34. The van der Waals surface area contributed by atoms with Crippen LogP contribution in [0.15, 0.2) is 29.4 Å². The van der Waals surface area contributed by atoms with E-state index >= 15 is 0 Å². The van der Waals surface area contributed by atoms with Gasteiger partial charge in [0.2, 0.25) is 17.0 Å². The summed E-state index contributed by atoms with van der Waals surface area (Å²) in [6.07, 6.45) is 0.115. The number of nitrogens with zero attached hydrogens (tertiary/aromatic N) is 4. The lowest BCUT2D eigenvalue weighted by atomic mass is 10.1. The van der Waals surface area contributed by atoms with Gasteiger partial charge in [-0.15, -0.1) is 5.10 Å². The number of carbonyl (C=O) groups excluding carboxylic acids is 2. The summed E-state index contributed by atoms with van der Waals surface area (Å²) in [6, 6.07) is 4.90. The number of H-pyrrole nitrogens is 1. The molecule has 2 aliphatic rings. The van der Waals surface area contributed by atoms with Crippen molar-refractivity contribution in [1.29, 1.82) is 0 Å². The van der Waals surface area contributed by atoms with E-state index in [-0.39, 0.29) is 23.9 Å². The number of halogens is 3. The SMILES string of the molecule is O=C(CN1CCN(C(=O)CSc2n[nH]c(C3CCCC3)n2)CC1)Nc1ccccc1C(F)(F)F. The minimum Gasteiger partial charge on any atom is -0.339 e. The second-order valence-corrected chi connectivity index (χ2v) is 9.46. The third-order valence-corrected chi connectivity index (χ3v) is 6.98. The zero-order chi connectivity index (χ0) is 24.1. The number of thioether (sulfide) groups is 1. The number of nitrogens with one attached hydrogen (secondary N) is 2. The highest BCUT2D eigenvalue weighted by Crippen LogP contribution is 2.34. The van der Waals surface area contributed by atoms with Crippen LogP contribution in [-0.4, -0.2) is 75.3 Å². The number of benzene rings is 1. The van der Waals surface area contributed by atoms with Gasteiger partial charge < -0.3 is 10.2 Å². The first-order valence-electron chi connectivity index (χ1n) is 11.3. The molecular formula is C22H27F3N6O2S. The summed E-state index contributed by atoms with van der Waals surface area (Å²) in [5.41, 5.74) is -1.13. The maximum atomic E-state index is 13.1. The fourth-order valence-electron chi connectivity index (χ4n) is 4.31. The Hall–Kier alpha value is -2.60. The first-order chi connectivity index (χ1) is 16.3. The van der Waals surface area contributed by atoms with E-state index in [0.29, 0.717) is 37.3 Å². The molecule has 0 radical (unpaired) electrons. The average molecular weight is 497 g/mol. The van der Waals surface area contributed by atoms with Crippen molar-refractivity contribution in [1.82, 2.24) is 25.0 Å². The summed E-state index contributed by atoms with van der Waals surface area (Å²) in [5, 5.41) is 10.1. The summed E-state index contributed by atoms with van der Waals surface area (Å²) in [4.78, 5) is 32.9. The lowest BCUT2D eigenvalue weighted by molar-refractivity contribution is -0.137. The second kappa shape index (κ2) is 10.8. The van der Waals surface area contributed by atoms with Crippen molar-refractivity contribution in [2.45, 2.75) is 42.9 Å². The molecule has 1 aromatic carbocycles. The van der Waals surface area contributed by atoms with Crippen molar-refractivity contribution in [2.24, 2.45) is 0 Å². The summed E-state index contributed by atoms with van der Waals surface area (Å²) in [6.45, 7) is 1.80. The molecule has 184 valence electrons. The van der Waals surface area contributed by atoms with E-state index in [0.717, 1.165) is 24.7 Å². The molecule has 2 aromatic rings. The van der Waals surface area contributed by atoms with Gasteiger partial charge in [0.25, 0.3) is 0 Å². The highest BCUT2D eigenvalue weighted by Gasteiger charge is 2.33. The Bertz CT molecular complexity index is 1000. The van der Waals surface area contributed by atoms with Gasteiger partial charge in [-0.25, -0.2) is 4.98 Å². The van der Waals surface area contributed by atoms with Crippen LogP contribution in [-0.2, 0) is 15.8 Å². The molecule has 1 aromatic heterocycles. The van der Waals surface area contributed by atoms with Crippen LogP contribution in [0.3, 0.4) is 0 Å². The van der Waals surface area contributed by atoms with Crippen LogP contribution in [0.2, 0.25) is 0 Å². The minimum absolute atomic E-state index is 0.0274. The Labute approximate surface area is 199 Å². The molecule has 1 aliphatic heterocycles. The third-order valence-electron chi connectivity index (χ3n) is 6.15. The summed E-state index contributed by atoms with van der Waals surface area (Å²) < 4.78 is 39.3. The van der Waals surface area contributed by atoms with Gasteiger partial charge in [0, 0.05) is 32.1 Å². The molecule has 8 nitrogen and oxygen atoms in total. The Morgan fingerprint density at radius 2 is 1.82 bits per heavy atom. The van der Waals surface area contributed by atoms with Crippen LogP contribution in [0.1, 0.15) is 43.0 Å². The number of aromatic nitrogens is 3. The number of amides is 2. The van der Waals surface area contributed by atoms with Crippen molar-refractivity contribution >= 4 is 29.3 Å². The number of piperazine rings is 1. The third kappa shape index (κ3) is 6.29. The fourth-order valence-corrected chi connectivity index (χ4v) is 5.02. The molecule has 12 heteroatoms. The standard InChI is InChI=1S/C22H27F3N6O2S/c23-22(24,25)16-7-3-4-8-17(16)26-18(32)13-30-9-11-31(12-10-30)19(33)14-34-21-27-20(28-29-21)15-5-1-2-6-15/h3-4,7-8,15H,1-2,5-6,9-14H2,(H,26,32)(H,27,28,29). The van der Waals surface area contributed by atoms with Gasteiger partial charge in [0.15, 0.2) is 0 Å². The highest BCUT2D eigenvalue weighted by atomic mass is 32.2. The Morgan fingerprint density at radius 3 is 2.53 bits per heavy atom. The number of carbonyl (C=O) groups is 2. The van der Waals surface area contributed by atoms with E-state index < -0.39 is 17.6 Å². The van der Waals surface area contributed by atoms with Crippen LogP contribution in [0.5, 0.6) is 0 Å². The molecule has 0 bridgehead atoms. The van der Waals surface area contributed by atoms with Crippen LogP contribution in [0.4, 0.5) is 18.9 Å². The Balaban J connectivity index is 1.20. The zero-order valence-electron chi connectivity index (χ0n) is 18.6. The maximum Gasteiger partial charge on any atom is 0.418 e. The van der Waals surface area contributed by atoms with Crippen LogP contribution in [0, 0.1) is 0 Å². The van der Waals surface area contributed by atoms with E-state index in [9.17, 15) is 22.8 Å². The normalized spacial score (nSPS) is 17.8. The predicted octanol–water partition coefficient (Wildman–Crippen LogP) is 3.36. The molecule has 1 saturated carbocycles. The van der Waals surface area contributed by atoms with Crippen molar-refractivity contribution in [3.63, 3.8) is 0 Å². The van der Waals surface area contributed by atoms with Crippen LogP contribution in [0.25, 0.3) is 0 Å². The van der Waals surface area contributed by atoms with E-state index in [1.54, 1.807) is 4.90 Å². The zero-order valence-corrected chi connectivity index (χ0v) is 19.4. The number of hydrogen-bond acceptors (Lipinski definition) is 6. The molecule has 1 aliphatic carbocycles. The average Bonchev–Trinajstić information content (AvgIpc) is 3.49. The Kier molecular flexibility index (Phi) is 7.77.